The molecule has 1 atom stereocenters. The Hall–Kier alpha value is -6.16. The van der Waals surface area contributed by atoms with Crippen molar-refractivity contribution in [1.82, 2.24) is 34.6 Å². The molecule has 1 aliphatic carbocycles. The molecule has 6 heterocycles. The quantitative estimate of drug-likeness (QED) is 0.237. The molecule has 6 amide bonds. The van der Waals surface area contributed by atoms with Crippen molar-refractivity contribution in [2.24, 2.45) is 5.92 Å². The fourth-order valence-corrected chi connectivity index (χ4v) is 9.13. The Balaban J connectivity index is 0.785. The third-order valence-electron chi connectivity index (χ3n) is 12.1. The van der Waals surface area contributed by atoms with Crippen LogP contribution in [-0.4, -0.2) is 116 Å². The number of carbonyl (C=O) groups excluding carboxylic acids is 6. The summed E-state index contributed by atoms with van der Waals surface area (Å²) < 4.78 is 7.65. The van der Waals surface area contributed by atoms with E-state index in [-0.39, 0.29) is 42.4 Å². The highest BCUT2D eigenvalue weighted by molar-refractivity contribution is 6.23. The maximum absolute atomic E-state index is 13.8. The highest BCUT2D eigenvalue weighted by atomic mass is 16.5. The Bertz CT molecular complexity index is 2360. The zero-order chi connectivity index (χ0) is 40.2. The fraction of sp³-hybridized carbons (Fsp3) is 0.429. The third kappa shape index (κ3) is 6.84. The van der Waals surface area contributed by atoms with Crippen LogP contribution >= 0.6 is 0 Å². The summed E-state index contributed by atoms with van der Waals surface area (Å²) in [4.78, 5) is 89.8. The first-order chi connectivity index (χ1) is 28.0. The lowest BCUT2D eigenvalue weighted by Crippen LogP contribution is -2.54. The van der Waals surface area contributed by atoms with E-state index >= 15 is 0 Å². The van der Waals surface area contributed by atoms with E-state index in [9.17, 15) is 28.8 Å². The van der Waals surface area contributed by atoms with Crippen molar-refractivity contribution in [2.45, 2.75) is 77.1 Å². The van der Waals surface area contributed by atoms with Gasteiger partial charge in [-0.1, -0.05) is 0 Å². The van der Waals surface area contributed by atoms with E-state index in [1.807, 2.05) is 30.9 Å². The Morgan fingerprint density at radius 1 is 0.914 bits per heavy atom. The monoisotopic (exact) mass is 787 g/mol. The summed E-state index contributed by atoms with van der Waals surface area (Å²) in [5, 5.41) is 9.47. The van der Waals surface area contributed by atoms with E-state index in [0.717, 1.165) is 74.6 Å². The number of piperidine rings is 1. The minimum Gasteiger partial charge on any atom is -0.489 e. The molecule has 0 bridgehead atoms. The maximum Gasteiger partial charge on any atom is 0.262 e. The molecule has 16 heteroatoms. The molecule has 9 rings (SSSR count). The van der Waals surface area contributed by atoms with Gasteiger partial charge in [0.15, 0.2) is 5.65 Å². The third-order valence-corrected chi connectivity index (χ3v) is 12.1. The Morgan fingerprint density at radius 3 is 2.45 bits per heavy atom. The number of nitrogens with one attached hydrogen (secondary N) is 2. The minimum atomic E-state index is -0.986. The highest BCUT2D eigenvalue weighted by Gasteiger charge is 2.45. The normalized spacial score (nSPS) is 22.5. The molecule has 0 spiro atoms. The van der Waals surface area contributed by atoms with E-state index in [1.165, 1.54) is 6.20 Å². The van der Waals surface area contributed by atoms with Gasteiger partial charge in [-0.05, 0) is 93.8 Å². The molecule has 2 aromatic heterocycles. The van der Waals surface area contributed by atoms with Crippen molar-refractivity contribution in [3.05, 3.63) is 82.8 Å². The number of anilines is 2. The molecular weight excluding hydrogens is 743 g/mol. The van der Waals surface area contributed by atoms with E-state index in [4.69, 9.17) is 4.74 Å². The van der Waals surface area contributed by atoms with E-state index in [2.05, 4.69) is 30.5 Å². The van der Waals surface area contributed by atoms with E-state index in [1.54, 1.807) is 41.2 Å². The second kappa shape index (κ2) is 15.0. The smallest absolute Gasteiger partial charge is 0.262 e. The van der Waals surface area contributed by atoms with Crippen LogP contribution in [0.2, 0.25) is 0 Å². The predicted molar refractivity (Wildman–Crippen MR) is 211 cm³/mol. The SMILES string of the molecule is CC(C)Oc1cc2c(cc1NC(=O)c1cnn3cccnc13)CN(C1CCC(CN3CCN(c4ccc5c(c4)C(=O)N(C4CCC(=O)NC4=O)C5=O)CC3)CC1)C2=O. The Morgan fingerprint density at radius 2 is 1.69 bits per heavy atom. The summed E-state index contributed by atoms with van der Waals surface area (Å²) in [6.45, 7) is 8.54. The number of piperazine rings is 1. The van der Waals surface area contributed by atoms with Gasteiger partial charge in [-0.2, -0.15) is 5.10 Å². The van der Waals surface area contributed by atoms with Gasteiger partial charge in [0.05, 0.1) is 29.1 Å². The van der Waals surface area contributed by atoms with Gasteiger partial charge in [-0.3, -0.25) is 43.9 Å². The number of aromatic nitrogens is 3. The molecule has 300 valence electrons. The summed E-state index contributed by atoms with van der Waals surface area (Å²) in [5.74, 6) is -1.42. The average molecular weight is 788 g/mol. The molecule has 16 nitrogen and oxygen atoms in total. The molecule has 2 aromatic carbocycles. The van der Waals surface area contributed by atoms with Crippen LogP contribution in [0, 0.1) is 5.92 Å². The van der Waals surface area contributed by atoms with Crippen molar-refractivity contribution >= 4 is 52.5 Å². The lowest BCUT2D eigenvalue weighted by molar-refractivity contribution is -0.136. The number of ether oxygens (including phenoxy) is 1. The largest absolute Gasteiger partial charge is 0.489 e. The fourth-order valence-electron chi connectivity index (χ4n) is 9.13. The summed E-state index contributed by atoms with van der Waals surface area (Å²) >= 11 is 0. The van der Waals surface area contributed by atoms with Crippen LogP contribution in [0.4, 0.5) is 11.4 Å². The van der Waals surface area contributed by atoms with Crippen LogP contribution in [0.15, 0.2) is 55.0 Å². The molecular formula is C42H45N9O7. The molecule has 2 saturated heterocycles. The van der Waals surface area contributed by atoms with Gasteiger partial charge >= 0.3 is 0 Å². The number of hydrogen-bond donors (Lipinski definition) is 2. The zero-order valence-electron chi connectivity index (χ0n) is 32.5. The van der Waals surface area contributed by atoms with Crippen LogP contribution in [0.25, 0.3) is 5.65 Å². The summed E-state index contributed by atoms with van der Waals surface area (Å²) in [5.41, 5.74) is 4.19. The van der Waals surface area contributed by atoms with Crippen molar-refractivity contribution in [3.8, 4) is 5.75 Å². The first-order valence-corrected chi connectivity index (χ1v) is 20.1. The van der Waals surface area contributed by atoms with Gasteiger partial charge in [0.1, 0.15) is 17.4 Å². The number of amides is 6. The van der Waals surface area contributed by atoms with Crippen molar-refractivity contribution in [1.29, 1.82) is 0 Å². The zero-order valence-corrected chi connectivity index (χ0v) is 32.5. The molecule has 4 aromatic rings. The summed E-state index contributed by atoms with van der Waals surface area (Å²) in [6.07, 6.45) is 8.75. The van der Waals surface area contributed by atoms with Crippen LogP contribution in [0.5, 0.6) is 5.75 Å². The standard InChI is InChI=1S/C42H45N9O7/c1-24(2)58-35-20-30-26(18-33(35)45-38(53)32-21-44-50-13-3-12-43-37(32)50)23-49(40(30)55)27-6-4-25(5-7-27)22-47-14-16-48(17-15-47)28-8-9-29-31(19-28)42(57)51(41(29)56)34-10-11-36(52)46-39(34)54/h3,8-9,12-13,18-21,24-25,27,34H,4-7,10-11,14-17,22-23H2,1-2H3,(H,45,53)(H,46,52,54). The lowest BCUT2D eigenvalue weighted by atomic mass is 9.85. The predicted octanol–water partition coefficient (Wildman–Crippen LogP) is 3.51. The number of hydrogen-bond acceptors (Lipinski definition) is 11. The van der Waals surface area contributed by atoms with E-state index in [0.29, 0.717) is 46.2 Å². The number of benzene rings is 2. The molecule has 0 radical (unpaired) electrons. The lowest BCUT2D eigenvalue weighted by Gasteiger charge is -2.40. The number of rotatable bonds is 9. The van der Waals surface area contributed by atoms with Gasteiger partial charge in [0.25, 0.3) is 23.6 Å². The topological polar surface area (TPSA) is 179 Å². The maximum atomic E-state index is 13.8. The Labute approximate surface area is 334 Å². The van der Waals surface area contributed by atoms with Crippen molar-refractivity contribution in [3.63, 3.8) is 0 Å². The molecule has 5 aliphatic rings. The van der Waals surface area contributed by atoms with Gasteiger partial charge in [-0.25, -0.2) is 9.50 Å². The number of carbonyl (C=O) groups is 6. The second-order valence-electron chi connectivity index (χ2n) is 16.1. The van der Waals surface area contributed by atoms with Crippen molar-refractivity contribution in [2.75, 3.05) is 42.9 Å². The van der Waals surface area contributed by atoms with Gasteiger partial charge in [0, 0.05) is 75.4 Å². The van der Waals surface area contributed by atoms with E-state index < -0.39 is 29.7 Å². The van der Waals surface area contributed by atoms with Crippen LogP contribution in [-0.2, 0) is 16.1 Å². The summed E-state index contributed by atoms with van der Waals surface area (Å²) in [6, 6.07) is 9.81. The minimum absolute atomic E-state index is 0.00538. The first kappa shape index (κ1) is 37.4. The van der Waals surface area contributed by atoms with Gasteiger partial charge < -0.3 is 19.9 Å². The molecule has 2 N–H and O–H groups in total. The van der Waals surface area contributed by atoms with Crippen LogP contribution < -0.4 is 20.3 Å². The van der Waals surface area contributed by atoms with Gasteiger partial charge in [-0.15, -0.1) is 0 Å². The average Bonchev–Trinajstić information content (AvgIpc) is 3.86. The number of imide groups is 2. The number of fused-ring (bicyclic) bond motifs is 3. The van der Waals surface area contributed by atoms with Crippen molar-refractivity contribution < 1.29 is 33.5 Å². The summed E-state index contributed by atoms with van der Waals surface area (Å²) in [7, 11) is 0. The van der Waals surface area contributed by atoms with Crippen LogP contribution in [0.3, 0.4) is 0 Å². The second-order valence-corrected chi connectivity index (χ2v) is 16.1. The van der Waals surface area contributed by atoms with Gasteiger partial charge in [0.2, 0.25) is 11.8 Å². The molecule has 4 aliphatic heterocycles. The number of nitrogens with zero attached hydrogens (tertiary/aromatic N) is 7. The molecule has 58 heavy (non-hydrogen) atoms. The molecule has 3 fully saturated rings. The molecule has 1 saturated carbocycles. The Kier molecular flexibility index (Phi) is 9.66. The highest BCUT2D eigenvalue weighted by Crippen LogP contribution is 2.39. The van der Waals surface area contributed by atoms with Crippen LogP contribution in [0.1, 0.15) is 99.4 Å². The first-order valence-electron chi connectivity index (χ1n) is 20.1. The molecule has 1 unspecified atom stereocenters.